The molecule has 3 aromatic heterocycles. The Morgan fingerprint density at radius 2 is 1.82 bits per heavy atom. The fraction of sp³-hybridized carbons (Fsp3) is 0.440. The third kappa shape index (κ3) is 5.76. The SMILES string of the molecule is CC[C@H]1CN(c2nc(N)c(C(=O)Nc3ccon3)nc2Cl)CCN1C1CCN(C(=O)c2ccc(Cl)nc2N)CC1. The maximum Gasteiger partial charge on any atom is 0.279 e. The number of anilines is 4. The number of nitrogens with one attached hydrogen (secondary N) is 1. The van der Waals surface area contributed by atoms with Crippen LogP contribution in [0.5, 0.6) is 0 Å². The van der Waals surface area contributed by atoms with Crippen LogP contribution in [0.25, 0.3) is 0 Å². The van der Waals surface area contributed by atoms with E-state index in [1.807, 2.05) is 4.90 Å². The Kier molecular flexibility index (Phi) is 8.24. The van der Waals surface area contributed by atoms with Gasteiger partial charge in [-0.3, -0.25) is 14.5 Å². The van der Waals surface area contributed by atoms with Crippen molar-refractivity contribution in [3.05, 3.63) is 46.0 Å². The molecule has 2 fully saturated rings. The van der Waals surface area contributed by atoms with Crippen LogP contribution < -0.4 is 21.7 Å². The first-order valence-corrected chi connectivity index (χ1v) is 13.8. The minimum atomic E-state index is -0.580. The topological polar surface area (TPSA) is 173 Å². The largest absolute Gasteiger partial charge is 0.383 e. The van der Waals surface area contributed by atoms with Gasteiger partial charge in [0.1, 0.15) is 17.2 Å². The quantitative estimate of drug-likeness (QED) is 0.361. The van der Waals surface area contributed by atoms with Crippen LogP contribution in [-0.4, -0.2) is 86.5 Å². The highest BCUT2D eigenvalue weighted by Crippen LogP contribution is 2.30. The molecule has 3 aromatic rings. The fourth-order valence-corrected chi connectivity index (χ4v) is 5.75. The number of aromatic nitrogens is 4. The van der Waals surface area contributed by atoms with Crippen molar-refractivity contribution >= 4 is 58.3 Å². The van der Waals surface area contributed by atoms with E-state index in [1.54, 1.807) is 12.1 Å². The zero-order valence-corrected chi connectivity index (χ0v) is 23.4. The Balaban J connectivity index is 1.21. The number of amides is 2. The Morgan fingerprint density at radius 1 is 1.05 bits per heavy atom. The van der Waals surface area contributed by atoms with Gasteiger partial charge in [-0.2, -0.15) is 0 Å². The van der Waals surface area contributed by atoms with Gasteiger partial charge in [0, 0.05) is 50.9 Å². The van der Waals surface area contributed by atoms with E-state index in [4.69, 9.17) is 39.2 Å². The number of carbonyl (C=O) groups is 2. The standard InChI is InChI=1S/C25H30Cl2N10O3/c1-2-14-13-36(23-20(27)32-19(22(29)33-23)24(38)31-18-7-12-40-34-18)10-11-37(14)15-5-8-35(9-6-15)25(39)16-3-4-17(26)30-21(16)28/h3-4,7,12,14-15H,2,5-6,8-11,13H2,1H3,(H2,28,30)(H2,29,33)(H,31,34,38)/t14-/m0/s1. The van der Waals surface area contributed by atoms with E-state index in [2.05, 4.69) is 42.1 Å². The molecule has 40 heavy (non-hydrogen) atoms. The van der Waals surface area contributed by atoms with Gasteiger partial charge in [0.15, 0.2) is 28.3 Å². The van der Waals surface area contributed by atoms with Crippen LogP contribution in [0, 0.1) is 0 Å². The van der Waals surface area contributed by atoms with Crippen LogP contribution in [0.4, 0.5) is 23.3 Å². The molecule has 5 N–H and O–H groups in total. The first-order chi connectivity index (χ1) is 19.2. The number of piperidine rings is 1. The van der Waals surface area contributed by atoms with Gasteiger partial charge in [-0.05, 0) is 31.4 Å². The first kappa shape index (κ1) is 27.9. The van der Waals surface area contributed by atoms with E-state index in [0.29, 0.717) is 43.6 Å². The van der Waals surface area contributed by atoms with Crippen LogP contribution in [0.1, 0.15) is 47.0 Å². The molecule has 15 heteroatoms. The average molecular weight is 589 g/mol. The molecule has 13 nitrogen and oxygen atoms in total. The number of carbonyl (C=O) groups excluding carboxylic acids is 2. The normalized spacial score (nSPS) is 18.6. The monoisotopic (exact) mass is 588 g/mol. The second-order valence-electron chi connectivity index (χ2n) is 9.75. The summed E-state index contributed by atoms with van der Waals surface area (Å²) in [6.45, 7) is 5.55. The van der Waals surface area contributed by atoms with Crippen LogP contribution >= 0.6 is 23.2 Å². The molecule has 0 saturated carbocycles. The molecule has 2 aliphatic rings. The lowest BCUT2D eigenvalue weighted by Gasteiger charge is -2.47. The molecule has 0 aromatic carbocycles. The Hall–Kier alpha value is -3.68. The summed E-state index contributed by atoms with van der Waals surface area (Å²) in [5.41, 5.74) is 12.3. The van der Waals surface area contributed by atoms with Crippen molar-refractivity contribution in [3.8, 4) is 0 Å². The predicted octanol–water partition coefficient (Wildman–Crippen LogP) is 2.79. The van der Waals surface area contributed by atoms with Crippen molar-refractivity contribution in [1.82, 2.24) is 29.9 Å². The predicted molar refractivity (Wildman–Crippen MR) is 151 cm³/mol. The van der Waals surface area contributed by atoms with E-state index in [9.17, 15) is 9.59 Å². The van der Waals surface area contributed by atoms with Gasteiger partial charge >= 0.3 is 0 Å². The van der Waals surface area contributed by atoms with E-state index < -0.39 is 5.91 Å². The van der Waals surface area contributed by atoms with Crippen LogP contribution in [0.15, 0.2) is 29.0 Å². The number of nitrogens with two attached hydrogens (primary N) is 2. The summed E-state index contributed by atoms with van der Waals surface area (Å²) in [7, 11) is 0. The third-order valence-corrected chi connectivity index (χ3v) is 7.86. The summed E-state index contributed by atoms with van der Waals surface area (Å²) in [6, 6.07) is 5.28. The molecule has 212 valence electrons. The number of halogens is 2. The number of likely N-dealkylation sites (tertiary alicyclic amines) is 1. The second-order valence-corrected chi connectivity index (χ2v) is 10.5. The lowest BCUT2D eigenvalue weighted by molar-refractivity contribution is 0.0491. The number of hydrogen-bond donors (Lipinski definition) is 3. The third-order valence-electron chi connectivity index (χ3n) is 7.40. The molecular formula is C25H30Cl2N10O3. The van der Waals surface area contributed by atoms with Gasteiger partial charge in [-0.1, -0.05) is 35.3 Å². The van der Waals surface area contributed by atoms with Crippen molar-refractivity contribution in [1.29, 1.82) is 0 Å². The highest BCUT2D eigenvalue weighted by Gasteiger charge is 2.35. The number of piperazine rings is 1. The van der Waals surface area contributed by atoms with E-state index in [0.717, 1.165) is 25.8 Å². The molecule has 5 rings (SSSR count). The van der Waals surface area contributed by atoms with Crippen LogP contribution in [0.2, 0.25) is 10.3 Å². The molecule has 5 heterocycles. The Labute approximate surface area is 240 Å². The minimum absolute atomic E-state index is 0.0237. The van der Waals surface area contributed by atoms with Crippen molar-refractivity contribution in [3.63, 3.8) is 0 Å². The first-order valence-electron chi connectivity index (χ1n) is 13.0. The Bertz CT molecular complexity index is 1380. The molecule has 0 aliphatic carbocycles. The van der Waals surface area contributed by atoms with E-state index >= 15 is 0 Å². The smallest absolute Gasteiger partial charge is 0.279 e. The van der Waals surface area contributed by atoms with Gasteiger partial charge < -0.3 is 31.1 Å². The van der Waals surface area contributed by atoms with E-state index in [-0.39, 0.29) is 45.4 Å². The van der Waals surface area contributed by atoms with Crippen molar-refractivity contribution in [2.24, 2.45) is 0 Å². The molecule has 1 atom stereocenters. The van der Waals surface area contributed by atoms with Crippen molar-refractivity contribution in [2.45, 2.75) is 38.3 Å². The lowest BCUT2D eigenvalue weighted by Crippen LogP contribution is -2.58. The second kappa shape index (κ2) is 11.8. The number of rotatable bonds is 6. The van der Waals surface area contributed by atoms with Gasteiger partial charge in [0.05, 0.1) is 5.56 Å². The summed E-state index contributed by atoms with van der Waals surface area (Å²) in [4.78, 5) is 44.7. The summed E-state index contributed by atoms with van der Waals surface area (Å²) in [5.74, 6) is 0.0982. The molecule has 0 unspecified atom stereocenters. The maximum absolute atomic E-state index is 13.0. The highest BCUT2D eigenvalue weighted by atomic mass is 35.5. The molecule has 0 bridgehead atoms. The molecule has 2 saturated heterocycles. The molecule has 2 amide bonds. The number of nitrogen functional groups attached to an aromatic ring is 2. The zero-order valence-electron chi connectivity index (χ0n) is 21.9. The minimum Gasteiger partial charge on any atom is -0.383 e. The maximum atomic E-state index is 13.0. The number of nitrogens with zero attached hydrogens (tertiary/aromatic N) is 7. The Morgan fingerprint density at radius 3 is 2.50 bits per heavy atom. The summed E-state index contributed by atoms with van der Waals surface area (Å²) in [6.07, 6.45) is 3.96. The van der Waals surface area contributed by atoms with Gasteiger partial charge in [0.2, 0.25) is 0 Å². The van der Waals surface area contributed by atoms with Crippen molar-refractivity contribution in [2.75, 3.05) is 54.4 Å². The summed E-state index contributed by atoms with van der Waals surface area (Å²) < 4.78 is 4.72. The molecule has 0 radical (unpaired) electrons. The summed E-state index contributed by atoms with van der Waals surface area (Å²) in [5, 5.41) is 6.55. The number of hydrogen-bond acceptors (Lipinski definition) is 11. The summed E-state index contributed by atoms with van der Waals surface area (Å²) >= 11 is 12.4. The average Bonchev–Trinajstić information content (AvgIpc) is 3.46. The highest BCUT2D eigenvalue weighted by molar-refractivity contribution is 6.32. The van der Waals surface area contributed by atoms with Crippen LogP contribution in [-0.2, 0) is 0 Å². The van der Waals surface area contributed by atoms with Gasteiger partial charge in [-0.15, -0.1) is 0 Å². The van der Waals surface area contributed by atoms with Gasteiger partial charge in [0.25, 0.3) is 11.8 Å². The van der Waals surface area contributed by atoms with Gasteiger partial charge in [-0.25, -0.2) is 15.0 Å². The molecule has 0 spiro atoms. The zero-order chi connectivity index (χ0) is 28.4. The molecular weight excluding hydrogens is 559 g/mol. The number of pyridine rings is 1. The van der Waals surface area contributed by atoms with Crippen LogP contribution in [0.3, 0.4) is 0 Å². The fourth-order valence-electron chi connectivity index (χ4n) is 5.35. The molecule has 2 aliphatic heterocycles. The lowest BCUT2D eigenvalue weighted by atomic mass is 9.97. The van der Waals surface area contributed by atoms with Crippen molar-refractivity contribution < 1.29 is 14.1 Å². The van der Waals surface area contributed by atoms with E-state index in [1.165, 1.54) is 12.3 Å².